The Bertz CT molecular complexity index is 1220. The van der Waals surface area contributed by atoms with Crippen molar-refractivity contribution in [1.29, 1.82) is 0 Å². The molecule has 1 heterocycles. The van der Waals surface area contributed by atoms with E-state index in [1.54, 1.807) is 18.4 Å². The Labute approximate surface area is 206 Å². The highest BCUT2D eigenvalue weighted by molar-refractivity contribution is 7.78. The second-order valence-electron chi connectivity index (χ2n) is 7.94. The van der Waals surface area contributed by atoms with E-state index in [-0.39, 0.29) is 5.92 Å². The molecule has 0 aliphatic carbocycles. The predicted molar refractivity (Wildman–Crippen MR) is 134 cm³/mol. The van der Waals surface area contributed by atoms with Crippen LogP contribution in [0.15, 0.2) is 89.5 Å². The van der Waals surface area contributed by atoms with Gasteiger partial charge in [-0.3, -0.25) is 4.18 Å². The van der Waals surface area contributed by atoms with Crippen molar-refractivity contribution < 1.29 is 27.4 Å². The third-order valence-electron chi connectivity index (χ3n) is 5.61. The summed E-state index contributed by atoms with van der Waals surface area (Å²) in [6.07, 6.45) is 2.86. The molecule has 3 aromatic carbocycles. The molecule has 4 aromatic rings. The number of nitrogens with one attached hydrogen (secondary N) is 1. The Balaban J connectivity index is 1.28. The van der Waals surface area contributed by atoms with Gasteiger partial charge in [0.1, 0.15) is 0 Å². The van der Waals surface area contributed by atoms with Gasteiger partial charge in [0.15, 0.2) is 17.9 Å². The first-order valence-electron chi connectivity index (χ1n) is 11.3. The monoisotopic (exact) mass is 493 g/mol. The maximum atomic E-state index is 12.4. The number of furan rings is 1. The maximum absolute atomic E-state index is 12.4. The standard InChI is InChI=1S/C27H27NO6S/c29-26(30)19-32-25-13-7-12-24-22(18-33-27(24)25)14-16-28-35(31)34-17-15-23(20-8-3-1-4-9-20)21-10-5-2-6-11-21/h1-13,18,23,28H,14-17,19H2,(H,29,30). The molecule has 0 spiro atoms. The number of para-hydroxylation sites is 1. The molecule has 1 aromatic heterocycles. The first-order chi connectivity index (χ1) is 17.1. The fourth-order valence-electron chi connectivity index (χ4n) is 3.98. The summed E-state index contributed by atoms with van der Waals surface area (Å²) in [5.74, 6) is -0.522. The Morgan fingerprint density at radius 3 is 2.31 bits per heavy atom. The van der Waals surface area contributed by atoms with E-state index < -0.39 is 23.8 Å². The Kier molecular flexibility index (Phi) is 8.67. The van der Waals surface area contributed by atoms with Gasteiger partial charge in [0, 0.05) is 17.8 Å². The van der Waals surface area contributed by atoms with Crippen LogP contribution in [0.4, 0.5) is 0 Å². The highest BCUT2D eigenvalue weighted by Gasteiger charge is 2.15. The maximum Gasteiger partial charge on any atom is 0.341 e. The molecular formula is C27H27NO6S. The average molecular weight is 494 g/mol. The second kappa shape index (κ2) is 12.3. The van der Waals surface area contributed by atoms with E-state index in [9.17, 15) is 9.00 Å². The van der Waals surface area contributed by atoms with Crippen LogP contribution in [0.1, 0.15) is 29.0 Å². The number of ether oxygens (including phenoxy) is 1. The number of fused-ring (bicyclic) bond motifs is 1. The lowest BCUT2D eigenvalue weighted by atomic mass is 9.89. The Morgan fingerprint density at radius 2 is 1.66 bits per heavy atom. The van der Waals surface area contributed by atoms with Gasteiger partial charge in [-0.2, -0.15) is 0 Å². The molecule has 8 heteroatoms. The van der Waals surface area contributed by atoms with Crippen molar-refractivity contribution in [3.63, 3.8) is 0 Å². The third-order valence-corrected chi connectivity index (χ3v) is 6.43. The molecule has 182 valence electrons. The summed E-state index contributed by atoms with van der Waals surface area (Å²) in [6.45, 7) is 0.317. The number of aliphatic carboxylic acids is 1. The number of carboxylic acid groups (broad SMARTS) is 1. The molecule has 1 unspecified atom stereocenters. The first-order valence-corrected chi connectivity index (χ1v) is 12.4. The van der Waals surface area contributed by atoms with E-state index in [1.165, 1.54) is 11.1 Å². The molecule has 0 saturated carbocycles. The SMILES string of the molecule is O=C(O)COc1cccc2c(CCNS(=O)OCCC(c3ccccc3)c3ccccc3)coc12. The minimum atomic E-state index is -1.63. The summed E-state index contributed by atoms with van der Waals surface area (Å²) < 4.78 is 31.7. The van der Waals surface area contributed by atoms with E-state index in [1.807, 2.05) is 42.5 Å². The smallest absolute Gasteiger partial charge is 0.341 e. The zero-order valence-electron chi connectivity index (χ0n) is 19.1. The lowest BCUT2D eigenvalue weighted by Crippen LogP contribution is -2.22. The molecule has 35 heavy (non-hydrogen) atoms. The van der Waals surface area contributed by atoms with Gasteiger partial charge in [0.25, 0.3) is 0 Å². The Morgan fingerprint density at radius 1 is 0.971 bits per heavy atom. The lowest BCUT2D eigenvalue weighted by Gasteiger charge is -2.18. The number of rotatable bonds is 13. The van der Waals surface area contributed by atoms with Crippen LogP contribution >= 0.6 is 0 Å². The van der Waals surface area contributed by atoms with Crippen molar-refractivity contribution in [3.8, 4) is 5.75 Å². The van der Waals surface area contributed by atoms with Crippen LogP contribution in [-0.2, 0) is 26.7 Å². The molecule has 2 N–H and O–H groups in total. The van der Waals surface area contributed by atoms with Crippen LogP contribution in [-0.4, -0.2) is 35.0 Å². The zero-order valence-corrected chi connectivity index (χ0v) is 19.9. The summed E-state index contributed by atoms with van der Waals surface area (Å²) in [4.78, 5) is 10.8. The van der Waals surface area contributed by atoms with Crippen LogP contribution in [0, 0.1) is 0 Å². The van der Waals surface area contributed by atoms with Gasteiger partial charge < -0.3 is 14.3 Å². The molecule has 0 bridgehead atoms. The van der Waals surface area contributed by atoms with Gasteiger partial charge in [0.2, 0.25) is 11.3 Å². The minimum Gasteiger partial charge on any atom is -0.479 e. The number of hydrogen-bond acceptors (Lipinski definition) is 5. The van der Waals surface area contributed by atoms with Crippen molar-refractivity contribution in [2.24, 2.45) is 0 Å². The fourth-order valence-corrected chi connectivity index (χ4v) is 4.58. The fraction of sp³-hybridized carbons (Fsp3) is 0.222. The van der Waals surface area contributed by atoms with Gasteiger partial charge in [-0.1, -0.05) is 72.8 Å². The van der Waals surface area contributed by atoms with E-state index in [0.29, 0.717) is 37.3 Å². The van der Waals surface area contributed by atoms with Crippen molar-refractivity contribution in [2.45, 2.75) is 18.8 Å². The van der Waals surface area contributed by atoms with E-state index >= 15 is 0 Å². The van der Waals surface area contributed by atoms with E-state index in [4.69, 9.17) is 18.4 Å². The molecule has 7 nitrogen and oxygen atoms in total. The van der Waals surface area contributed by atoms with Crippen LogP contribution in [0.5, 0.6) is 5.75 Å². The van der Waals surface area contributed by atoms with Crippen LogP contribution in [0.3, 0.4) is 0 Å². The van der Waals surface area contributed by atoms with Gasteiger partial charge in [-0.05, 0) is 35.6 Å². The van der Waals surface area contributed by atoms with Crippen LogP contribution < -0.4 is 9.46 Å². The van der Waals surface area contributed by atoms with E-state index in [2.05, 4.69) is 29.0 Å². The second-order valence-corrected chi connectivity index (χ2v) is 8.93. The summed E-state index contributed by atoms with van der Waals surface area (Å²) >= 11 is -1.63. The molecule has 0 fully saturated rings. The molecule has 4 rings (SSSR count). The quantitative estimate of drug-likeness (QED) is 0.276. The summed E-state index contributed by atoms with van der Waals surface area (Å²) in [7, 11) is 0. The number of benzene rings is 3. The van der Waals surface area contributed by atoms with Gasteiger partial charge >= 0.3 is 5.97 Å². The molecule has 0 amide bonds. The van der Waals surface area contributed by atoms with Crippen molar-refractivity contribution in [1.82, 2.24) is 4.72 Å². The number of carboxylic acids is 1. The number of hydrogen-bond donors (Lipinski definition) is 2. The third kappa shape index (κ3) is 6.79. The summed E-state index contributed by atoms with van der Waals surface area (Å²) in [5.41, 5.74) is 3.78. The molecule has 0 radical (unpaired) electrons. The Hall–Kier alpha value is -3.46. The normalized spacial score (nSPS) is 12.1. The zero-order chi connectivity index (χ0) is 24.5. The van der Waals surface area contributed by atoms with Gasteiger partial charge in [-0.15, -0.1) is 0 Å². The van der Waals surface area contributed by atoms with Crippen molar-refractivity contribution in [3.05, 3.63) is 102 Å². The minimum absolute atomic E-state index is 0.157. The molecule has 0 aliphatic heterocycles. The largest absolute Gasteiger partial charge is 0.479 e. The highest BCUT2D eigenvalue weighted by Crippen LogP contribution is 2.30. The first kappa shape index (κ1) is 24.7. The van der Waals surface area contributed by atoms with Crippen LogP contribution in [0.2, 0.25) is 0 Å². The predicted octanol–water partition coefficient (Wildman–Crippen LogP) is 4.85. The molecule has 1 atom stereocenters. The highest BCUT2D eigenvalue weighted by atomic mass is 32.2. The molecular weight excluding hydrogens is 466 g/mol. The molecule has 0 saturated heterocycles. The van der Waals surface area contributed by atoms with Gasteiger partial charge in [-0.25, -0.2) is 13.7 Å². The summed E-state index contributed by atoms with van der Waals surface area (Å²) in [5, 5.41) is 9.65. The lowest BCUT2D eigenvalue weighted by molar-refractivity contribution is -0.139. The number of carbonyl (C=O) groups is 1. The van der Waals surface area contributed by atoms with Gasteiger partial charge in [0.05, 0.1) is 12.9 Å². The van der Waals surface area contributed by atoms with E-state index in [0.717, 1.165) is 10.9 Å². The van der Waals surface area contributed by atoms with Crippen molar-refractivity contribution >= 4 is 28.2 Å². The molecule has 0 aliphatic rings. The average Bonchev–Trinajstić information content (AvgIpc) is 3.30. The topological polar surface area (TPSA) is 98.0 Å². The van der Waals surface area contributed by atoms with Crippen molar-refractivity contribution in [2.75, 3.05) is 19.8 Å². The van der Waals surface area contributed by atoms with Crippen LogP contribution in [0.25, 0.3) is 11.0 Å². The summed E-state index contributed by atoms with van der Waals surface area (Å²) in [6, 6.07) is 25.8.